The monoisotopic (exact) mass is 219 g/mol. The lowest BCUT2D eigenvalue weighted by Crippen LogP contribution is -1.69. The number of nitrogens with zero attached hydrogens (tertiary/aromatic N) is 3. The summed E-state index contributed by atoms with van der Waals surface area (Å²) in [4.78, 5) is 3.88. The number of aryl methyl sites for hydroxylation is 1. The van der Waals surface area contributed by atoms with Crippen LogP contribution in [0.25, 0.3) is 0 Å². The van der Waals surface area contributed by atoms with E-state index in [1.54, 1.807) is 18.5 Å². The van der Waals surface area contributed by atoms with Crippen LogP contribution in [0.2, 0.25) is 0 Å². The Kier molecular flexibility index (Phi) is 16.3. The van der Waals surface area contributed by atoms with Gasteiger partial charge in [0, 0.05) is 25.3 Å². The van der Waals surface area contributed by atoms with E-state index in [0.717, 1.165) is 0 Å². The van der Waals surface area contributed by atoms with Gasteiger partial charge in [0.05, 0.1) is 0 Å². The minimum Gasteiger partial charge on any atom is -0.264 e. The van der Waals surface area contributed by atoms with Crippen molar-refractivity contribution >= 4 is 12.9 Å². The Hall–Kier alpha value is -1.77. The second-order valence-electron chi connectivity index (χ2n) is 2.46. The van der Waals surface area contributed by atoms with Crippen LogP contribution >= 0.6 is 0 Å². The summed E-state index contributed by atoms with van der Waals surface area (Å²) in [6, 6.07) is 3.95. The molecule has 0 fully saturated rings. The van der Waals surface area contributed by atoms with Gasteiger partial charge in [-0.15, -0.1) is 0 Å². The highest BCUT2D eigenvalue weighted by Crippen LogP contribution is 1.88. The van der Waals surface area contributed by atoms with Crippen molar-refractivity contribution in [3.8, 4) is 0 Å². The first-order valence-electron chi connectivity index (χ1n) is 5.28. The first kappa shape index (κ1) is 16.7. The molecule has 16 heavy (non-hydrogen) atoms. The minimum absolute atomic E-state index is 1.21. The van der Waals surface area contributed by atoms with Gasteiger partial charge in [-0.05, 0) is 31.6 Å². The van der Waals surface area contributed by atoms with Crippen molar-refractivity contribution < 1.29 is 0 Å². The van der Waals surface area contributed by atoms with Gasteiger partial charge < -0.3 is 0 Å². The zero-order valence-electron chi connectivity index (χ0n) is 10.6. The van der Waals surface area contributed by atoms with Crippen molar-refractivity contribution in [3.05, 3.63) is 42.2 Å². The highest BCUT2D eigenvalue weighted by Gasteiger charge is 1.73. The Labute approximate surface area is 98.7 Å². The maximum Gasteiger partial charge on any atom is 0.0492 e. The van der Waals surface area contributed by atoms with Crippen LogP contribution in [-0.2, 0) is 0 Å². The second-order valence-corrected chi connectivity index (χ2v) is 2.46. The van der Waals surface area contributed by atoms with Gasteiger partial charge in [0.2, 0.25) is 0 Å². The highest BCUT2D eigenvalue weighted by atomic mass is 15.2. The minimum atomic E-state index is 1.21. The van der Waals surface area contributed by atoms with E-state index in [0.29, 0.717) is 0 Å². The Morgan fingerprint density at radius 3 is 2.38 bits per heavy atom. The molecule has 0 amide bonds. The van der Waals surface area contributed by atoms with Crippen LogP contribution in [0.5, 0.6) is 0 Å². The molecule has 0 saturated heterocycles. The Morgan fingerprint density at radius 1 is 1.38 bits per heavy atom. The predicted molar refractivity (Wildman–Crippen MR) is 73.2 cm³/mol. The predicted octanol–water partition coefficient (Wildman–Crippen LogP) is 3.67. The van der Waals surface area contributed by atoms with Crippen LogP contribution < -0.4 is 0 Å². The van der Waals surface area contributed by atoms with Crippen LogP contribution in [-0.4, -0.2) is 17.9 Å². The molecule has 0 spiro atoms. The number of allylic oxidation sites excluding steroid dienone is 2. The SMILES string of the molecule is C=N/N=C\C=C/C.CC.Cc1cccnc1. The number of aromatic nitrogens is 1. The Balaban J connectivity index is 0. The van der Waals surface area contributed by atoms with Gasteiger partial charge >= 0.3 is 0 Å². The third-order valence-corrected chi connectivity index (χ3v) is 1.24. The van der Waals surface area contributed by atoms with Crippen LogP contribution in [0.15, 0.2) is 46.9 Å². The largest absolute Gasteiger partial charge is 0.264 e. The Morgan fingerprint density at radius 2 is 2.06 bits per heavy atom. The topological polar surface area (TPSA) is 37.6 Å². The van der Waals surface area contributed by atoms with Crippen molar-refractivity contribution in [3.63, 3.8) is 0 Å². The molecule has 3 heteroatoms. The van der Waals surface area contributed by atoms with Crippen LogP contribution in [0.1, 0.15) is 26.3 Å². The van der Waals surface area contributed by atoms with Crippen LogP contribution in [0.3, 0.4) is 0 Å². The van der Waals surface area contributed by atoms with Gasteiger partial charge in [-0.3, -0.25) is 4.98 Å². The number of hydrogen-bond donors (Lipinski definition) is 0. The summed E-state index contributed by atoms with van der Waals surface area (Å²) in [5, 5.41) is 6.70. The highest BCUT2D eigenvalue weighted by molar-refractivity contribution is 5.70. The molecule has 1 heterocycles. The molecule has 0 bridgehead atoms. The van der Waals surface area contributed by atoms with Crippen molar-refractivity contribution in [2.24, 2.45) is 10.2 Å². The molecule has 0 aliphatic heterocycles. The van der Waals surface area contributed by atoms with Crippen molar-refractivity contribution in [2.75, 3.05) is 0 Å². The van der Waals surface area contributed by atoms with Gasteiger partial charge in [-0.1, -0.05) is 26.0 Å². The van der Waals surface area contributed by atoms with E-state index in [9.17, 15) is 0 Å². The summed E-state index contributed by atoms with van der Waals surface area (Å²) in [6.07, 6.45) is 8.84. The summed E-state index contributed by atoms with van der Waals surface area (Å²) >= 11 is 0. The molecule has 1 rings (SSSR count). The molecule has 0 aliphatic rings. The Bertz CT molecular complexity index is 289. The first-order valence-corrected chi connectivity index (χ1v) is 5.28. The molecule has 0 saturated carbocycles. The third-order valence-electron chi connectivity index (χ3n) is 1.24. The fourth-order valence-corrected chi connectivity index (χ4v) is 0.620. The molecule has 0 atom stereocenters. The molecular weight excluding hydrogens is 198 g/mol. The summed E-state index contributed by atoms with van der Waals surface area (Å²) in [7, 11) is 0. The molecule has 88 valence electrons. The molecule has 3 nitrogen and oxygen atoms in total. The molecule has 0 aliphatic carbocycles. The zero-order valence-corrected chi connectivity index (χ0v) is 10.6. The van der Waals surface area contributed by atoms with Gasteiger partial charge in [0.15, 0.2) is 0 Å². The third kappa shape index (κ3) is 14.7. The summed E-state index contributed by atoms with van der Waals surface area (Å²) in [5.41, 5.74) is 1.21. The van der Waals surface area contributed by atoms with Gasteiger partial charge in [0.1, 0.15) is 0 Å². The molecule has 1 aromatic heterocycles. The fourth-order valence-electron chi connectivity index (χ4n) is 0.620. The van der Waals surface area contributed by atoms with Gasteiger partial charge in [-0.25, -0.2) is 0 Å². The van der Waals surface area contributed by atoms with Crippen molar-refractivity contribution in [2.45, 2.75) is 27.7 Å². The molecule has 0 unspecified atom stereocenters. The number of rotatable bonds is 2. The van der Waals surface area contributed by atoms with E-state index in [-0.39, 0.29) is 0 Å². The van der Waals surface area contributed by atoms with Crippen molar-refractivity contribution in [1.29, 1.82) is 0 Å². The number of hydrogen-bond acceptors (Lipinski definition) is 3. The lowest BCUT2D eigenvalue weighted by Gasteiger charge is -1.82. The standard InChI is InChI=1S/C6H7N.C5H8N2.C2H6/c1-6-3-2-4-7-5-6;1-3-4-5-7-6-2;1-2/h2-5H,1H3;3-5H,2H2,1H3;1-2H3/b;4-3-,7-5-;. The molecule has 1 aromatic rings. The smallest absolute Gasteiger partial charge is 0.0492 e. The van der Waals surface area contributed by atoms with Crippen LogP contribution in [0, 0.1) is 6.92 Å². The first-order chi connectivity index (χ1) is 7.81. The van der Waals surface area contributed by atoms with E-state index < -0.39 is 0 Å². The van der Waals surface area contributed by atoms with E-state index in [1.165, 1.54) is 5.56 Å². The molecule has 0 N–H and O–H groups in total. The lowest BCUT2D eigenvalue weighted by molar-refractivity contribution is 1.27. The average Bonchev–Trinajstić information content (AvgIpc) is 2.34. The zero-order chi connectivity index (χ0) is 12.6. The summed E-state index contributed by atoms with van der Waals surface area (Å²) < 4.78 is 0. The van der Waals surface area contributed by atoms with Gasteiger partial charge in [-0.2, -0.15) is 10.2 Å². The average molecular weight is 219 g/mol. The normalized spacial score (nSPS) is 9.00. The van der Waals surface area contributed by atoms with E-state index in [4.69, 9.17) is 0 Å². The van der Waals surface area contributed by atoms with Gasteiger partial charge in [0.25, 0.3) is 0 Å². The maximum atomic E-state index is 3.88. The van der Waals surface area contributed by atoms with E-state index in [1.807, 2.05) is 52.1 Å². The molecular formula is C13H21N3. The quantitative estimate of drug-likeness (QED) is 0.552. The summed E-state index contributed by atoms with van der Waals surface area (Å²) in [6.45, 7) is 11.1. The van der Waals surface area contributed by atoms with Crippen LogP contribution in [0.4, 0.5) is 0 Å². The summed E-state index contributed by atoms with van der Waals surface area (Å²) in [5.74, 6) is 0. The second kappa shape index (κ2) is 15.7. The van der Waals surface area contributed by atoms with E-state index >= 15 is 0 Å². The maximum absolute atomic E-state index is 3.88. The van der Waals surface area contributed by atoms with Crippen molar-refractivity contribution in [1.82, 2.24) is 4.98 Å². The lowest BCUT2D eigenvalue weighted by atomic mass is 10.3. The molecule has 0 aromatic carbocycles. The molecule has 0 radical (unpaired) electrons. The fraction of sp³-hybridized carbons (Fsp3) is 0.308. The van der Waals surface area contributed by atoms with E-state index in [2.05, 4.69) is 21.9 Å². The number of pyridine rings is 1.